The summed E-state index contributed by atoms with van der Waals surface area (Å²) in [5.74, 6) is -0.510. The molecule has 1 aliphatic rings. The van der Waals surface area contributed by atoms with Crippen molar-refractivity contribution < 1.29 is 18.7 Å². The van der Waals surface area contributed by atoms with Gasteiger partial charge in [-0.05, 0) is 48.9 Å². The van der Waals surface area contributed by atoms with Crippen molar-refractivity contribution in [2.45, 2.75) is 13.0 Å². The van der Waals surface area contributed by atoms with Crippen LogP contribution in [0.4, 0.5) is 4.39 Å². The summed E-state index contributed by atoms with van der Waals surface area (Å²) in [6, 6.07) is 9.95. The molecular formula is C23H18ClFN2O4S. The van der Waals surface area contributed by atoms with Crippen molar-refractivity contribution in [2.75, 3.05) is 14.2 Å². The fourth-order valence-corrected chi connectivity index (χ4v) is 4.84. The number of thiazole rings is 1. The van der Waals surface area contributed by atoms with E-state index in [2.05, 4.69) is 4.99 Å². The molecule has 0 fully saturated rings. The van der Waals surface area contributed by atoms with Crippen LogP contribution in [0.5, 0.6) is 5.75 Å². The number of hydrogen-bond donors (Lipinski definition) is 0. The second-order valence-corrected chi connectivity index (χ2v) is 8.46. The number of fused-ring (bicyclic) bond motifs is 1. The third-order valence-electron chi connectivity index (χ3n) is 5.08. The Hall–Kier alpha value is -3.23. The first-order valence-electron chi connectivity index (χ1n) is 9.54. The molecule has 1 atom stereocenters. The number of rotatable bonds is 4. The average Bonchev–Trinajstić information content (AvgIpc) is 3.08. The minimum absolute atomic E-state index is 0.216. The summed E-state index contributed by atoms with van der Waals surface area (Å²) in [7, 11) is 2.77. The van der Waals surface area contributed by atoms with Gasteiger partial charge in [-0.1, -0.05) is 35.1 Å². The van der Waals surface area contributed by atoms with Crippen LogP contribution >= 0.6 is 22.9 Å². The number of allylic oxidation sites excluding steroid dienone is 1. The third kappa shape index (κ3) is 3.87. The molecule has 3 aromatic rings. The van der Waals surface area contributed by atoms with Crippen molar-refractivity contribution >= 4 is 35.0 Å². The van der Waals surface area contributed by atoms with E-state index in [1.54, 1.807) is 43.3 Å². The van der Waals surface area contributed by atoms with E-state index in [0.717, 1.165) is 0 Å². The van der Waals surface area contributed by atoms with Gasteiger partial charge in [0.15, 0.2) is 4.80 Å². The molecule has 0 unspecified atom stereocenters. The van der Waals surface area contributed by atoms with Crippen molar-refractivity contribution in [3.8, 4) is 5.75 Å². The Morgan fingerprint density at radius 2 is 1.94 bits per heavy atom. The molecule has 0 radical (unpaired) electrons. The lowest BCUT2D eigenvalue weighted by molar-refractivity contribution is -0.136. The molecular weight excluding hydrogens is 455 g/mol. The summed E-state index contributed by atoms with van der Waals surface area (Å²) in [5, 5.41) is 0.424. The maximum absolute atomic E-state index is 13.5. The van der Waals surface area contributed by atoms with E-state index in [-0.39, 0.29) is 16.9 Å². The standard InChI is InChI=1S/C23H18ClFN2O4S/c1-12-19(22(29)31-3)20(16-11-14(24)6-9-17(16)30-2)27-21(28)18(32-23(27)26-12)10-13-4-7-15(25)8-5-13/h4-11,20H,1-3H3/b18-10-/t20-/m1/s1. The van der Waals surface area contributed by atoms with Crippen LogP contribution < -0.4 is 19.6 Å². The molecule has 0 aliphatic carbocycles. The van der Waals surface area contributed by atoms with Gasteiger partial charge in [0.05, 0.1) is 30.0 Å². The molecule has 1 aromatic heterocycles. The Balaban J connectivity index is 2.02. The number of methoxy groups -OCH3 is 2. The van der Waals surface area contributed by atoms with Crippen LogP contribution in [0.1, 0.15) is 24.1 Å². The first kappa shape index (κ1) is 22.0. The van der Waals surface area contributed by atoms with Gasteiger partial charge in [-0.15, -0.1) is 0 Å². The number of halogens is 2. The molecule has 0 N–H and O–H groups in total. The highest BCUT2D eigenvalue weighted by Crippen LogP contribution is 2.37. The molecule has 9 heteroatoms. The SMILES string of the molecule is COC(=O)C1=C(C)N=c2s/c(=C\c3ccc(F)cc3)c(=O)n2[C@@H]1c1cc(Cl)ccc1OC. The lowest BCUT2D eigenvalue weighted by Crippen LogP contribution is -2.40. The van der Waals surface area contributed by atoms with E-state index < -0.39 is 12.0 Å². The number of aromatic nitrogens is 1. The molecule has 0 amide bonds. The number of hydrogen-bond acceptors (Lipinski definition) is 6. The first-order valence-corrected chi connectivity index (χ1v) is 10.7. The van der Waals surface area contributed by atoms with Crippen LogP contribution in [0.15, 0.2) is 63.5 Å². The Morgan fingerprint density at radius 1 is 1.22 bits per heavy atom. The smallest absolute Gasteiger partial charge is 0.338 e. The predicted molar refractivity (Wildman–Crippen MR) is 120 cm³/mol. The van der Waals surface area contributed by atoms with Crippen LogP contribution in [0.25, 0.3) is 6.08 Å². The number of ether oxygens (including phenoxy) is 2. The van der Waals surface area contributed by atoms with Gasteiger partial charge in [0.25, 0.3) is 5.56 Å². The maximum atomic E-state index is 13.5. The van der Waals surface area contributed by atoms with E-state index in [4.69, 9.17) is 21.1 Å². The lowest BCUT2D eigenvalue weighted by atomic mass is 9.95. The highest BCUT2D eigenvalue weighted by Gasteiger charge is 2.35. The number of carbonyl (C=O) groups excluding carboxylic acids is 1. The second-order valence-electron chi connectivity index (χ2n) is 7.01. The topological polar surface area (TPSA) is 69.9 Å². The minimum Gasteiger partial charge on any atom is -0.496 e. The van der Waals surface area contributed by atoms with Gasteiger partial charge in [-0.2, -0.15) is 0 Å². The van der Waals surface area contributed by atoms with Crippen LogP contribution in [0, 0.1) is 5.82 Å². The van der Waals surface area contributed by atoms with E-state index >= 15 is 0 Å². The van der Waals surface area contributed by atoms with Gasteiger partial charge in [0.2, 0.25) is 0 Å². The molecule has 1 aliphatic heterocycles. The summed E-state index contributed by atoms with van der Waals surface area (Å²) in [6.07, 6.45) is 1.66. The summed E-state index contributed by atoms with van der Waals surface area (Å²) in [6.45, 7) is 1.69. The molecule has 0 saturated heterocycles. The molecule has 164 valence electrons. The summed E-state index contributed by atoms with van der Waals surface area (Å²) in [4.78, 5) is 31.1. The molecule has 2 aromatic carbocycles. The van der Waals surface area contributed by atoms with Gasteiger partial charge in [0, 0.05) is 10.6 Å². The number of esters is 1. The van der Waals surface area contributed by atoms with Crippen LogP contribution in [0.2, 0.25) is 5.02 Å². The van der Waals surface area contributed by atoms with Crippen molar-refractivity contribution in [3.63, 3.8) is 0 Å². The van der Waals surface area contributed by atoms with Crippen LogP contribution in [0.3, 0.4) is 0 Å². The zero-order valence-corrected chi connectivity index (χ0v) is 19.0. The molecule has 0 bridgehead atoms. The van der Waals surface area contributed by atoms with Crippen molar-refractivity contribution in [1.29, 1.82) is 0 Å². The Kier molecular flexibility index (Phi) is 5.99. The quantitative estimate of drug-likeness (QED) is 0.547. The molecule has 2 heterocycles. The molecule has 6 nitrogen and oxygen atoms in total. The van der Waals surface area contributed by atoms with Crippen molar-refractivity contribution in [1.82, 2.24) is 4.57 Å². The van der Waals surface area contributed by atoms with Gasteiger partial charge < -0.3 is 9.47 Å². The Morgan fingerprint density at radius 3 is 2.59 bits per heavy atom. The zero-order valence-electron chi connectivity index (χ0n) is 17.4. The number of benzene rings is 2. The van der Waals surface area contributed by atoms with E-state index in [1.807, 2.05) is 0 Å². The number of carbonyl (C=O) groups is 1. The highest BCUT2D eigenvalue weighted by atomic mass is 35.5. The van der Waals surface area contributed by atoms with Gasteiger partial charge >= 0.3 is 5.97 Å². The Bertz CT molecular complexity index is 1420. The van der Waals surface area contributed by atoms with Crippen LogP contribution in [-0.2, 0) is 9.53 Å². The van der Waals surface area contributed by atoms with Crippen LogP contribution in [-0.4, -0.2) is 24.8 Å². The van der Waals surface area contributed by atoms with Crippen molar-refractivity contribution in [2.24, 2.45) is 4.99 Å². The van der Waals surface area contributed by atoms with E-state index in [0.29, 0.717) is 36.9 Å². The molecule has 32 heavy (non-hydrogen) atoms. The molecule has 0 spiro atoms. The predicted octanol–water partition coefficient (Wildman–Crippen LogP) is 3.21. The summed E-state index contributed by atoms with van der Waals surface area (Å²) < 4.78 is 25.6. The monoisotopic (exact) mass is 472 g/mol. The average molecular weight is 473 g/mol. The zero-order chi connectivity index (χ0) is 23.0. The largest absolute Gasteiger partial charge is 0.496 e. The fraction of sp³-hybridized carbons (Fsp3) is 0.174. The van der Waals surface area contributed by atoms with E-state index in [9.17, 15) is 14.0 Å². The minimum atomic E-state index is -0.845. The third-order valence-corrected chi connectivity index (χ3v) is 6.30. The van der Waals surface area contributed by atoms with Crippen molar-refractivity contribution in [3.05, 3.63) is 95.4 Å². The second kappa shape index (κ2) is 8.72. The number of nitrogens with zero attached hydrogens (tertiary/aromatic N) is 2. The fourth-order valence-electron chi connectivity index (χ4n) is 3.62. The molecule has 0 saturated carbocycles. The summed E-state index contributed by atoms with van der Waals surface area (Å²) in [5.41, 5.74) is 1.49. The maximum Gasteiger partial charge on any atom is 0.338 e. The molecule has 4 rings (SSSR count). The van der Waals surface area contributed by atoms with E-state index in [1.165, 1.54) is 42.3 Å². The van der Waals surface area contributed by atoms with Gasteiger partial charge in [-0.3, -0.25) is 9.36 Å². The first-order chi connectivity index (χ1) is 15.3. The Labute approximate surface area is 191 Å². The summed E-state index contributed by atoms with van der Waals surface area (Å²) >= 11 is 7.43. The van der Waals surface area contributed by atoms with Gasteiger partial charge in [-0.25, -0.2) is 14.2 Å². The highest BCUT2D eigenvalue weighted by molar-refractivity contribution is 7.07. The normalized spacial score (nSPS) is 15.9. The lowest BCUT2D eigenvalue weighted by Gasteiger charge is -2.25. The van der Waals surface area contributed by atoms with Gasteiger partial charge in [0.1, 0.15) is 17.6 Å².